The lowest BCUT2D eigenvalue weighted by molar-refractivity contribution is -0.116. The molecule has 3 N–H and O–H groups in total. The number of hydrazine groups is 1. The second-order valence-electron chi connectivity index (χ2n) is 2.48. The Bertz CT molecular complexity index is 359. The molecule has 0 aliphatic heterocycles. The molecule has 0 unspecified atom stereocenters. The topological polar surface area (TPSA) is 55.1 Å². The summed E-state index contributed by atoms with van der Waals surface area (Å²) in [5.74, 6) is 3.82. The zero-order valence-electron chi connectivity index (χ0n) is 7.13. The van der Waals surface area contributed by atoms with Crippen LogP contribution in [0.25, 0.3) is 6.08 Å². The standard InChI is InChI=1S/C9H8ClFN2O/c10-7-2-1-3-8(11)6(7)4-5-9(14)13-12/h1-5H,12H2,(H,13,14)/b5-4+. The van der Waals surface area contributed by atoms with Crippen molar-refractivity contribution in [1.82, 2.24) is 5.43 Å². The molecule has 0 bridgehead atoms. The average molecular weight is 215 g/mol. The Labute approximate surface area is 85.3 Å². The highest BCUT2D eigenvalue weighted by Gasteiger charge is 2.02. The summed E-state index contributed by atoms with van der Waals surface area (Å²) in [4.78, 5) is 10.7. The summed E-state index contributed by atoms with van der Waals surface area (Å²) in [5.41, 5.74) is 2.05. The van der Waals surface area contributed by atoms with E-state index in [1.807, 2.05) is 5.43 Å². The van der Waals surface area contributed by atoms with Crippen LogP contribution in [0.5, 0.6) is 0 Å². The third kappa shape index (κ3) is 2.55. The Morgan fingerprint density at radius 3 is 2.86 bits per heavy atom. The van der Waals surface area contributed by atoms with Crippen LogP contribution in [0.4, 0.5) is 4.39 Å². The summed E-state index contributed by atoms with van der Waals surface area (Å²) >= 11 is 5.70. The average Bonchev–Trinajstić information content (AvgIpc) is 2.16. The molecule has 0 radical (unpaired) electrons. The fourth-order valence-corrected chi connectivity index (χ4v) is 1.10. The van der Waals surface area contributed by atoms with E-state index >= 15 is 0 Å². The number of carbonyl (C=O) groups is 1. The monoisotopic (exact) mass is 214 g/mol. The SMILES string of the molecule is NNC(=O)/C=C/c1c(F)cccc1Cl. The van der Waals surface area contributed by atoms with Crippen molar-refractivity contribution >= 4 is 23.6 Å². The highest BCUT2D eigenvalue weighted by molar-refractivity contribution is 6.32. The van der Waals surface area contributed by atoms with Crippen LogP contribution in [0.2, 0.25) is 5.02 Å². The number of nitrogens with two attached hydrogens (primary N) is 1. The van der Waals surface area contributed by atoms with E-state index in [9.17, 15) is 9.18 Å². The summed E-state index contributed by atoms with van der Waals surface area (Å²) in [6.07, 6.45) is 2.37. The van der Waals surface area contributed by atoms with Gasteiger partial charge in [0.05, 0.1) is 5.02 Å². The minimum absolute atomic E-state index is 0.165. The summed E-state index contributed by atoms with van der Waals surface area (Å²) in [5, 5.41) is 0.242. The van der Waals surface area contributed by atoms with Gasteiger partial charge in [0.2, 0.25) is 0 Å². The number of amides is 1. The molecule has 0 spiro atoms. The number of halogens is 2. The van der Waals surface area contributed by atoms with Crippen molar-refractivity contribution in [3.8, 4) is 0 Å². The maximum atomic E-state index is 13.1. The second-order valence-corrected chi connectivity index (χ2v) is 2.88. The van der Waals surface area contributed by atoms with Gasteiger partial charge in [0.25, 0.3) is 5.91 Å². The highest BCUT2D eigenvalue weighted by Crippen LogP contribution is 2.19. The van der Waals surface area contributed by atoms with E-state index in [1.54, 1.807) is 0 Å². The quantitative estimate of drug-likeness (QED) is 0.339. The van der Waals surface area contributed by atoms with Crippen molar-refractivity contribution < 1.29 is 9.18 Å². The molecule has 1 rings (SSSR count). The first kappa shape index (κ1) is 10.7. The van der Waals surface area contributed by atoms with Crippen LogP contribution in [-0.2, 0) is 4.79 Å². The minimum Gasteiger partial charge on any atom is -0.291 e. The van der Waals surface area contributed by atoms with Crippen molar-refractivity contribution in [2.75, 3.05) is 0 Å². The number of hydrogen-bond donors (Lipinski definition) is 2. The molecule has 14 heavy (non-hydrogen) atoms. The molecule has 0 aliphatic rings. The van der Waals surface area contributed by atoms with Crippen molar-refractivity contribution in [3.05, 3.63) is 40.7 Å². The van der Waals surface area contributed by atoms with Crippen molar-refractivity contribution in [2.45, 2.75) is 0 Å². The lowest BCUT2D eigenvalue weighted by Gasteiger charge is -1.98. The number of carbonyl (C=O) groups excluding carboxylic acids is 1. The molecule has 0 aromatic heterocycles. The van der Waals surface area contributed by atoms with Gasteiger partial charge in [-0.1, -0.05) is 17.7 Å². The van der Waals surface area contributed by atoms with Gasteiger partial charge in [0.15, 0.2) is 0 Å². The predicted molar refractivity (Wildman–Crippen MR) is 52.8 cm³/mol. The first-order valence-electron chi connectivity index (χ1n) is 3.78. The summed E-state index contributed by atoms with van der Waals surface area (Å²) in [6, 6.07) is 4.27. The molecule has 1 amide bonds. The summed E-state index contributed by atoms with van der Waals surface area (Å²) in [7, 11) is 0. The van der Waals surface area contributed by atoms with E-state index in [0.717, 1.165) is 6.08 Å². The molecule has 1 aromatic rings. The second kappa shape index (κ2) is 4.74. The normalized spacial score (nSPS) is 10.5. The molecule has 0 heterocycles. The van der Waals surface area contributed by atoms with Crippen molar-refractivity contribution in [2.24, 2.45) is 5.84 Å². The maximum Gasteiger partial charge on any atom is 0.257 e. The summed E-state index contributed by atoms with van der Waals surface area (Å²) < 4.78 is 13.1. The number of hydrogen-bond acceptors (Lipinski definition) is 2. The van der Waals surface area contributed by atoms with Gasteiger partial charge in [0, 0.05) is 11.6 Å². The van der Waals surface area contributed by atoms with Gasteiger partial charge in [-0.2, -0.15) is 0 Å². The zero-order chi connectivity index (χ0) is 10.6. The number of rotatable bonds is 2. The fourth-order valence-electron chi connectivity index (χ4n) is 0.877. The number of benzene rings is 1. The molecular formula is C9H8ClFN2O. The highest BCUT2D eigenvalue weighted by atomic mass is 35.5. The van der Waals surface area contributed by atoms with Crippen molar-refractivity contribution in [1.29, 1.82) is 0 Å². The van der Waals surface area contributed by atoms with Gasteiger partial charge >= 0.3 is 0 Å². The van der Waals surface area contributed by atoms with E-state index in [0.29, 0.717) is 0 Å². The van der Waals surface area contributed by atoms with Crippen LogP contribution in [0, 0.1) is 5.82 Å². The van der Waals surface area contributed by atoms with E-state index in [1.165, 1.54) is 24.3 Å². The third-order valence-corrected chi connectivity index (χ3v) is 1.87. The van der Waals surface area contributed by atoms with Gasteiger partial charge < -0.3 is 0 Å². The third-order valence-electron chi connectivity index (χ3n) is 1.54. The van der Waals surface area contributed by atoms with Crippen LogP contribution in [0.15, 0.2) is 24.3 Å². The smallest absolute Gasteiger partial charge is 0.257 e. The summed E-state index contributed by atoms with van der Waals surface area (Å²) in [6.45, 7) is 0. The maximum absolute atomic E-state index is 13.1. The Kier molecular flexibility index (Phi) is 3.62. The molecule has 3 nitrogen and oxygen atoms in total. The lowest BCUT2D eigenvalue weighted by Crippen LogP contribution is -2.27. The van der Waals surface area contributed by atoms with Crippen LogP contribution in [0.3, 0.4) is 0 Å². The molecular weight excluding hydrogens is 207 g/mol. The molecule has 0 saturated carbocycles. The van der Waals surface area contributed by atoms with Crippen molar-refractivity contribution in [3.63, 3.8) is 0 Å². The van der Waals surface area contributed by atoms with Crippen LogP contribution >= 0.6 is 11.6 Å². The Morgan fingerprint density at radius 1 is 1.57 bits per heavy atom. The van der Waals surface area contributed by atoms with Crippen LogP contribution in [-0.4, -0.2) is 5.91 Å². The van der Waals surface area contributed by atoms with Crippen LogP contribution in [0.1, 0.15) is 5.56 Å². The molecule has 0 saturated heterocycles. The van der Waals surface area contributed by atoms with Gasteiger partial charge in [-0.3, -0.25) is 10.2 Å². The first-order valence-corrected chi connectivity index (χ1v) is 4.15. The fraction of sp³-hybridized carbons (Fsp3) is 0. The van der Waals surface area contributed by atoms with Crippen LogP contribution < -0.4 is 11.3 Å². The Hall–Kier alpha value is -1.39. The zero-order valence-corrected chi connectivity index (χ0v) is 7.88. The predicted octanol–water partition coefficient (Wildman–Crippen LogP) is 1.48. The largest absolute Gasteiger partial charge is 0.291 e. The molecule has 5 heteroatoms. The molecule has 0 fully saturated rings. The molecule has 0 atom stereocenters. The van der Waals surface area contributed by atoms with Gasteiger partial charge in [-0.25, -0.2) is 10.2 Å². The number of nitrogens with one attached hydrogen (secondary N) is 1. The van der Waals surface area contributed by atoms with Gasteiger partial charge in [-0.05, 0) is 18.2 Å². The van der Waals surface area contributed by atoms with E-state index in [2.05, 4.69) is 0 Å². The van der Waals surface area contributed by atoms with E-state index in [-0.39, 0.29) is 10.6 Å². The minimum atomic E-state index is -0.524. The first-order chi connectivity index (χ1) is 6.65. The Morgan fingerprint density at radius 2 is 2.29 bits per heavy atom. The molecule has 1 aromatic carbocycles. The van der Waals surface area contributed by atoms with E-state index in [4.69, 9.17) is 17.4 Å². The molecule has 74 valence electrons. The van der Waals surface area contributed by atoms with Gasteiger partial charge in [-0.15, -0.1) is 0 Å². The van der Waals surface area contributed by atoms with E-state index < -0.39 is 11.7 Å². The Balaban J connectivity index is 2.96. The lowest BCUT2D eigenvalue weighted by atomic mass is 10.2. The van der Waals surface area contributed by atoms with Gasteiger partial charge in [0.1, 0.15) is 5.82 Å². The molecule has 0 aliphatic carbocycles.